The number of benzene rings is 2. The Morgan fingerprint density at radius 2 is 1.73 bits per heavy atom. The zero-order valence-electron chi connectivity index (χ0n) is 24.5. The van der Waals surface area contributed by atoms with E-state index < -0.39 is 17.5 Å². The molecule has 2 heterocycles. The Labute approximate surface area is 259 Å². The lowest BCUT2D eigenvalue weighted by atomic mass is 9.84. The lowest BCUT2D eigenvalue weighted by Crippen LogP contribution is -2.44. The van der Waals surface area contributed by atoms with E-state index in [0.717, 1.165) is 35.7 Å². The molecule has 1 aliphatic heterocycles. The number of carboxylic acids is 1. The summed E-state index contributed by atoms with van der Waals surface area (Å²) in [6, 6.07) is 18.1. The number of para-hydroxylation sites is 1. The molecule has 0 radical (unpaired) electrons. The maximum atomic E-state index is 13.9. The molecule has 5 rings (SSSR count). The zero-order chi connectivity index (χ0) is 32.0. The molecule has 0 saturated heterocycles. The third-order valence-corrected chi connectivity index (χ3v) is 8.25. The van der Waals surface area contributed by atoms with Gasteiger partial charge in [-0.15, -0.1) is 12.6 Å². The first-order valence-corrected chi connectivity index (χ1v) is 14.9. The van der Waals surface area contributed by atoms with Gasteiger partial charge >= 0.3 is 12.1 Å². The number of hydrogen-bond acceptors (Lipinski definition) is 7. The van der Waals surface area contributed by atoms with Crippen molar-refractivity contribution in [3.8, 4) is 5.69 Å². The van der Waals surface area contributed by atoms with E-state index in [4.69, 9.17) is 27.5 Å². The van der Waals surface area contributed by atoms with Crippen LogP contribution in [0.2, 0.25) is 0 Å². The number of carboxylic acid groups (broad SMARTS) is 1. The fourth-order valence-electron chi connectivity index (χ4n) is 5.06. The monoisotopic (exact) mass is 631 g/mol. The molecule has 2 aromatic carbocycles. The summed E-state index contributed by atoms with van der Waals surface area (Å²) >= 11 is 4.78. The van der Waals surface area contributed by atoms with E-state index in [2.05, 4.69) is 34.5 Å². The quantitative estimate of drug-likeness (QED) is 0.245. The highest BCUT2D eigenvalue weighted by molar-refractivity contribution is 7.80. The SMILES string of the molecule is CN(C)c1ccc(CNCCC(=O)N2CCc3nc(C4CCC4)n(-c4ccccc4)c(=O)c3C2S)cc1.O=C(O)C(F)(F)F. The molecule has 1 atom stereocenters. The van der Waals surface area contributed by atoms with Gasteiger partial charge in [-0.2, -0.15) is 13.2 Å². The Morgan fingerprint density at radius 3 is 2.27 bits per heavy atom. The molecule has 1 aliphatic carbocycles. The molecular formula is C31H36F3N5O4S. The molecule has 236 valence electrons. The first-order chi connectivity index (χ1) is 20.9. The van der Waals surface area contributed by atoms with Gasteiger partial charge in [-0.3, -0.25) is 14.2 Å². The number of amides is 1. The Hall–Kier alpha value is -3.84. The molecule has 3 aromatic rings. The predicted octanol–water partition coefficient (Wildman–Crippen LogP) is 4.69. The van der Waals surface area contributed by atoms with E-state index in [1.54, 1.807) is 9.47 Å². The summed E-state index contributed by atoms with van der Waals surface area (Å²) < 4.78 is 33.5. The van der Waals surface area contributed by atoms with Crippen molar-refractivity contribution in [3.63, 3.8) is 0 Å². The Bertz CT molecular complexity index is 1510. The number of halogens is 3. The lowest BCUT2D eigenvalue weighted by molar-refractivity contribution is -0.192. The van der Waals surface area contributed by atoms with Gasteiger partial charge in [0, 0.05) is 58.2 Å². The summed E-state index contributed by atoms with van der Waals surface area (Å²) in [6.45, 7) is 1.78. The maximum Gasteiger partial charge on any atom is 0.490 e. The predicted molar refractivity (Wildman–Crippen MR) is 164 cm³/mol. The van der Waals surface area contributed by atoms with E-state index >= 15 is 0 Å². The molecule has 1 fully saturated rings. The standard InChI is InChI=1S/C29H35N5O2S.C2HF3O2/c1-32(2)22-13-11-20(12-14-22)19-30-17-15-25(35)33-18-16-24-26(29(33)37)28(36)34(23-9-4-3-5-10-23)27(31-24)21-7-6-8-21;3-2(4,5)1(6)7/h3-5,9-14,21,29-30,37H,6-8,15-19H2,1-2H3;(H,6,7). The second kappa shape index (κ2) is 14.3. The van der Waals surface area contributed by atoms with E-state index in [-0.39, 0.29) is 11.5 Å². The van der Waals surface area contributed by atoms with Gasteiger partial charge in [0.25, 0.3) is 5.56 Å². The van der Waals surface area contributed by atoms with Crippen LogP contribution in [0, 0.1) is 0 Å². The average Bonchev–Trinajstić information content (AvgIpc) is 2.95. The second-order valence-electron chi connectivity index (χ2n) is 10.9. The van der Waals surface area contributed by atoms with Crippen LogP contribution in [0.3, 0.4) is 0 Å². The van der Waals surface area contributed by atoms with Crippen molar-refractivity contribution in [1.29, 1.82) is 0 Å². The van der Waals surface area contributed by atoms with Crippen LogP contribution in [0.4, 0.5) is 18.9 Å². The summed E-state index contributed by atoms with van der Waals surface area (Å²) in [5.41, 5.74) is 4.37. The number of thiol groups is 1. The minimum atomic E-state index is -5.08. The van der Waals surface area contributed by atoms with Crippen molar-refractivity contribution < 1.29 is 27.9 Å². The number of fused-ring (bicyclic) bond motifs is 1. The third-order valence-electron chi connectivity index (χ3n) is 7.71. The topological polar surface area (TPSA) is 108 Å². The zero-order valence-corrected chi connectivity index (χ0v) is 25.4. The van der Waals surface area contributed by atoms with Crippen molar-refractivity contribution in [2.24, 2.45) is 0 Å². The Balaban J connectivity index is 0.000000566. The van der Waals surface area contributed by atoms with E-state index in [1.165, 1.54) is 12.0 Å². The number of anilines is 1. The first-order valence-electron chi connectivity index (χ1n) is 14.3. The molecule has 0 spiro atoms. The molecule has 2 N–H and O–H groups in total. The van der Waals surface area contributed by atoms with Crippen molar-refractivity contribution >= 4 is 30.2 Å². The van der Waals surface area contributed by atoms with Crippen LogP contribution in [0.25, 0.3) is 5.69 Å². The number of hydrogen-bond donors (Lipinski definition) is 3. The number of alkyl halides is 3. The van der Waals surface area contributed by atoms with Gasteiger partial charge in [0.15, 0.2) is 0 Å². The van der Waals surface area contributed by atoms with Crippen LogP contribution in [-0.2, 0) is 22.6 Å². The van der Waals surface area contributed by atoms with Gasteiger partial charge in [-0.05, 0) is 42.7 Å². The summed E-state index contributed by atoms with van der Waals surface area (Å²) in [7, 11) is 4.04. The summed E-state index contributed by atoms with van der Waals surface area (Å²) in [5, 5.41) is 9.89. The number of nitrogens with one attached hydrogen (secondary N) is 1. The van der Waals surface area contributed by atoms with Crippen molar-refractivity contribution in [1.82, 2.24) is 19.8 Å². The van der Waals surface area contributed by atoms with Crippen LogP contribution >= 0.6 is 12.6 Å². The van der Waals surface area contributed by atoms with Crippen LogP contribution in [0.5, 0.6) is 0 Å². The van der Waals surface area contributed by atoms with Crippen molar-refractivity contribution in [2.45, 2.75) is 56.1 Å². The van der Waals surface area contributed by atoms with E-state index in [0.29, 0.717) is 44.0 Å². The summed E-state index contributed by atoms with van der Waals surface area (Å²) in [6.07, 6.45) is -0.879. The lowest BCUT2D eigenvalue weighted by Gasteiger charge is -2.35. The average molecular weight is 632 g/mol. The molecule has 13 heteroatoms. The molecule has 1 amide bonds. The number of carbonyl (C=O) groups excluding carboxylic acids is 1. The second-order valence-corrected chi connectivity index (χ2v) is 11.4. The number of nitrogens with zero attached hydrogens (tertiary/aromatic N) is 4. The maximum absolute atomic E-state index is 13.9. The van der Waals surface area contributed by atoms with Crippen LogP contribution in [0.15, 0.2) is 59.4 Å². The van der Waals surface area contributed by atoms with Crippen LogP contribution in [0.1, 0.15) is 59.6 Å². The highest BCUT2D eigenvalue weighted by atomic mass is 32.1. The van der Waals surface area contributed by atoms with Crippen LogP contribution < -0.4 is 15.8 Å². The Kier molecular flexibility index (Phi) is 10.7. The fourth-order valence-corrected chi connectivity index (χ4v) is 5.57. The van der Waals surface area contributed by atoms with Crippen molar-refractivity contribution in [2.75, 3.05) is 32.1 Å². The minimum absolute atomic E-state index is 0.00478. The fraction of sp³-hybridized carbons (Fsp3) is 0.419. The van der Waals surface area contributed by atoms with E-state index in [1.807, 2.05) is 44.4 Å². The van der Waals surface area contributed by atoms with Gasteiger partial charge in [-0.25, -0.2) is 9.78 Å². The van der Waals surface area contributed by atoms with E-state index in [9.17, 15) is 22.8 Å². The molecule has 0 bridgehead atoms. The van der Waals surface area contributed by atoms with Gasteiger partial charge in [0.2, 0.25) is 5.91 Å². The minimum Gasteiger partial charge on any atom is -0.475 e. The van der Waals surface area contributed by atoms with Crippen molar-refractivity contribution in [3.05, 3.63) is 87.6 Å². The Morgan fingerprint density at radius 1 is 1.09 bits per heavy atom. The molecule has 1 unspecified atom stereocenters. The number of aromatic nitrogens is 2. The molecule has 2 aliphatic rings. The molecule has 1 saturated carbocycles. The molecule has 44 heavy (non-hydrogen) atoms. The highest BCUT2D eigenvalue weighted by Crippen LogP contribution is 2.38. The normalized spacial score (nSPS) is 16.3. The van der Waals surface area contributed by atoms with Crippen LogP contribution in [-0.4, -0.2) is 64.8 Å². The summed E-state index contributed by atoms with van der Waals surface area (Å²) in [4.78, 5) is 44.7. The third kappa shape index (κ3) is 7.81. The van der Waals surface area contributed by atoms with Gasteiger partial charge in [0.1, 0.15) is 11.2 Å². The molecule has 1 aromatic heterocycles. The van der Waals surface area contributed by atoms with Gasteiger partial charge in [0.05, 0.1) is 16.9 Å². The first kappa shape index (κ1) is 33.1. The largest absolute Gasteiger partial charge is 0.490 e. The number of rotatable bonds is 8. The summed E-state index contributed by atoms with van der Waals surface area (Å²) in [5.74, 6) is -1.60. The van der Waals surface area contributed by atoms with Gasteiger partial charge < -0.3 is 20.2 Å². The number of aliphatic carboxylic acids is 1. The number of carbonyl (C=O) groups is 2. The van der Waals surface area contributed by atoms with Gasteiger partial charge in [-0.1, -0.05) is 36.8 Å². The molecule has 9 nitrogen and oxygen atoms in total. The smallest absolute Gasteiger partial charge is 0.475 e. The highest BCUT2D eigenvalue weighted by Gasteiger charge is 2.38. The molecular weight excluding hydrogens is 595 g/mol.